The molecular weight excluding hydrogens is 348 g/mol. The zero-order valence-corrected chi connectivity index (χ0v) is 14.3. The van der Waals surface area contributed by atoms with E-state index in [1.54, 1.807) is 43.4 Å². The van der Waals surface area contributed by atoms with E-state index in [-0.39, 0.29) is 5.69 Å². The number of fused-ring (bicyclic) bond motifs is 1. The summed E-state index contributed by atoms with van der Waals surface area (Å²) in [6.45, 7) is -0.486. The minimum Gasteiger partial charge on any atom is -0.345 e. The van der Waals surface area contributed by atoms with Crippen molar-refractivity contribution in [3.63, 3.8) is 0 Å². The number of anilines is 1. The lowest BCUT2D eigenvalue weighted by molar-refractivity contribution is -0.686. The minimum atomic E-state index is -1.70. The summed E-state index contributed by atoms with van der Waals surface area (Å²) in [6.07, 6.45) is 1.51. The SMILES string of the molecule is COC1(c2ccccn2)c2cc(Cl)ccc2N(C)C(=O)CN1[N+](=O)[O-]. The normalized spacial score (nSPS) is 20.2. The number of benzene rings is 1. The highest BCUT2D eigenvalue weighted by molar-refractivity contribution is 6.30. The first-order chi connectivity index (χ1) is 11.9. The number of likely N-dealkylation sites (N-methyl/N-ethyl adjacent to an activating group) is 1. The van der Waals surface area contributed by atoms with Gasteiger partial charge in [-0.3, -0.25) is 9.78 Å². The number of methoxy groups -OCH3 is 1. The predicted octanol–water partition coefficient (Wildman–Crippen LogP) is 2.05. The first kappa shape index (κ1) is 17.1. The predicted molar refractivity (Wildman–Crippen MR) is 90.6 cm³/mol. The van der Waals surface area contributed by atoms with Crippen LogP contribution in [0.4, 0.5) is 5.69 Å². The van der Waals surface area contributed by atoms with E-state index in [0.717, 1.165) is 5.01 Å². The number of carbonyl (C=O) groups is 1. The van der Waals surface area contributed by atoms with Gasteiger partial charge in [0.25, 0.3) is 11.6 Å². The van der Waals surface area contributed by atoms with Gasteiger partial charge in [0.1, 0.15) is 5.69 Å². The van der Waals surface area contributed by atoms with E-state index in [4.69, 9.17) is 16.3 Å². The summed E-state index contributed by atoms with van der Waals surface area (Å²) < 4.78 is 5.68. The third-order valence-electron chi connectivity index (χ3n) is 4.21. The van der Waals surface area contributed by atoms with Crippen LogP contribution in [-0.4, -0.2) is 41.6 Å². The molecule has 1 aliphatic rings. The Morgan fingerprint density at radius 3 is 2.72 bits per heavy atom. The highest BCUT2D eigenvalue weighted by Crippen LogP contribution is 2.43. The molecule has 1 aliphatic heterocycles. The van der Waals surface area contributed by atoms with Crippen LogP contribution in [0.25, 0.3) is 0 Å². The second-order valence-electron chi connectivity index (χ2n) is 5.47. The maximum absolute atomic E-state index is 12.5. The van der Waals surface area contributed by atoms with Gasteiger partial charge >= 0.3 is 0 Å². The molecule has 1 amide bonds. The molecule has 3 rings (SSSR count). The molecule has 9 heteroatoms. The maximum Gasteiger partial charge on any atom is 0.269 e. The fourth-order valence-corrected chi connectivity index (χ4v) is 3.19. The number of hydrogen-bond donors (Lipinski definition) is 0. The van der Waals surface area contributed by atoms with Crippen molar-refractivity contribution < 1.29 is 14.6 Å². The Morgan fingerprint density at radius 1 is 1.36 bits per heavy atom. The van der Waals surface area contributed by atoms with Gasteiger partial charge in [0, 0.05) is 30.9 Å². The first-order valence-corrected chi connectivity index (χ1v) is 7.74. The van der Waals surface area contributed by atoms with Crippen LogP contribution in [0.2, 0.25) is 5.02 Å². The van der Waals surface area contributed by atoms with Crippen molar-refractivity contribution >= 4 is 23.2 Å². The van der Waals surface area contributed by atoms with Crippen molar-refractivity contribution in [3.05, 3.63) is 69.0 Å². The summed E-state index contributed by atoms with van der Waals surface area (Å²) in [5.41, 5.74) is -0.593. The molecule has 0 N–H and O–H groups in total. The molecule has 2 aromatic rings. The summed E-state index contributed by atoms with van der Waals surface area (Å²) in [7, 11) is 2.89. The highest BCUT2D eigenvalue weighted by atomic mass is 35.5. The van der Waals surface area contributed by atoms with Crippen LogP contribution < -0.4 is 4.90 Å². The first-order valence-electron chi connectivity index (χ1n) is 7.37. The number of carbonyl (C=O) groups excluding carboxylic acids is 1. The molecule has 8 nitrogen and oxygen atoms in total. The number of halogens is 1. The third kappa shape index (κ3) is 2.59. The van der Waals surface area contributed by atoms with Gasteiger partial charge in [0.2, 0.25) is 0 Å². The summed E-state index contributed by atoms with van der Waals surface area (Å²) >= 11 is 6.15. The molecule has 25 heavy (non-hydrogen) atoms. The fraction of sp³-hybridized carbons (Fsp3) is 0.250. The standard InChI is InChI=1S/C16H15ClN4O4/c1-19-13-7-6-11(17)9-12(13)16(25-2,14-5-3-4-8-18-14)20(21(23)24)10-15(19)22/h3-9H,10H2,1-2H3. The van der Waals surface area contributed by atoms with Gasteiger partial charge in [0.15, 0.2) is 11.6 Å². The highest BCUT2D eigenvalue weighted by Gasteiger charge is 2.53. The van der Waals surface area contributed by atoms with Gasteiger partial charge in [-0.1, -0.05) is 22.7 Å². The van der Waals surface area contributed by atoms with E-state index in [0.29, 0.717) is 16.3 Å². The van der Waals surface area contributed by atoms with Crippen LogP contribution in [0, 0.1) is 10.1 Å². The van der Waals surface area contributed by atoms with Gasteiger partial charge in [-0.15, -0.1) is 0 Å². The Labute approximate surface area is 148 Å². The van der Waals surface area contributed by atoms with E-state index in [1.165, 1.54) is 18.2 Å². The molecule has 0 radical (unpaired) electrons. The number of hydrogen-bond acceptors (Lipinski definition) is 5. The number of pyridine rings is 1. The number of rotatable bonds is 3. The van der Waals surface area contributed by atoms with Crippen LogP contribution in [0.15, 0.2) is 42.6 Å². The zero-order chi connectivity index (χ0) is 18.2. The third-order valence-corrected chi connectivity index (χ3v) is 4.45. The molecule has 0 spiro atoms. The van der Waals surface area contributed by atoms with E-state index < -0.39 is 23.2 Å². The van der Waals surface area contributed by atoms with Crippen LogP contribution >= 0.6 is 11.6 Å². The topological polar surface area (TPSA) is 88.8 Å². The Morgan fingerprint density at radius 2 is 2.12 bits per heavy atom. The lowest BCUT2D eigenvalue weighted by atomic mass is 9.95. The van der Waals surface area contributed by atoms with Crippen molar-refractivity contribution in [2.24, 2.45) is 0 Å². The number of nitro groups is 1. The molecule has 2 heterocycles. The number of nitrogens with zero attached hydrogens (tertiary/aromatic N) is 4. The molecule has 0 fully saturated rings. The Kier molecular flexibility index (Phi) is 4.32. The van der Waals surface area contributed by atoms with Gasteiger partial charge in [-0.25, -0.2) is 10.1 Å². The molecule has 0 bridgehead atoms. The van der Waals surface area contributed by atoms with Crippen molar-refractivity contribution in [3.8, 4) is 0 Å². The lowest BCUT2D eigenvalue weighted by Crippen LogP contribution is -2.53. The van der Waals surface area contributed by atoms with Crippen LogP contribution in [0.3, 0.4) is 0 Å². The van der Waals surface area contributed by atoms with Gasteiger partial charge in [-0.05, 0) is 30.3 Å². The Balaban J connectivity index is 2.42. The maximum atomic E-state index is 12.5. The Bertz CT molecular complexity index is 832. The van der Waals surface area contributed by atoms with Gasteiger partial charge in [0.05, 0.1) is 5.69 Å². The minimum absolute atomic E-state index is 0.279. The second kappa shape index (κ2) is 6.30. The van der Waals surface area contributed by atoms with Gasteiger partial charge in [-0.2, -0.15) is 0 Å². The molecule has 1 aromatic carbocycles. The lowest BCUT2D eigenvalue weighted by Gasteiger charge is -2.35. The van der Waals surface area contributed by atoms with E-state index in [2.05, 4.69) is 4.98 Å². The quantitative estimate of drug-likeness (QED) is 0.613. The number of hydrazine groups is 1. The Hall–Kier alpha value is -2.71. The van der Waals surface area contributed by atoms with Crippen LogP contribution in [-0.2, 0) is 15.3 Å². The molecule has 0 saturated heterocycles. The number of amides is 1. The van der Waals surface area contributed by atoms with E-state index in [1.807, 2.05) is 0 Å². The molecule has 0 aliphatic carbocycles. The summed E-state index contributed by atoms with van der Waals surface area (Å²) in [5, 5.41) is 12.3. The van der Waals surface area contributed by atoms with Crippen LogP contribution in [0.1, 0.15) is 11.3 Å². The van der Waals surface area contributed by atoms with Crippen LogP contribution in [0.5, 0.6) is 0 Å². The second-order valence-corrected chi connectivity index (χ2v) is 5.91. The van der Waals surface area contributed by atoms with E-state index >= 15 is 0 Å². The number of aromatic nitrogens is 1. The summed E-state index contributed by atoms with van der Waals surface area (Å²) in [5.74, 6) is -0.449. The van der Waals surface area contributed by atoms with Crippen molar-refractivity contribution in [1.82, 2.24) is 9.99 Å². The summed E-state index contributed by atoms with van der Waals surface area (Å²) in [6, 6.07) is 9.81. The molecule has 130 valence electrons. The fourth-order valence-electron chi connectivity index (χ4n) is 3.02. The molecule has 1 unspecified atom stereocenters. The molecule has 0 saturated carbocycles. The van der Waals surface area contributed by atoms with Crippen molar-refractivity contribution in [1.29, 1.82) is 0 Å². The average molecular weight is 363 g/mol. The largest absolute Gasteiger partial charge is 0.345 e. The zero-order valence-electron chi connectivity index (χ0n) is 13.5. The molecule has 1 aromatic heterocycles. The van der Waals surface area contributed by atoms with E-state index in [9.17, 15) is 14.9 Å². The summed E-state index contributed by atoms with van der Waals surface area (Å²) in [4.78, 5) is 29.9. The molecule has 1 atom stereocenters. The number of ether oxygens (including phenoxy) is 1. The molecular formula is C16H15ClN4O4. The van der Waals surface area contributed by atoms with Crippen molar-refractivity contribution in [2.75, 3.05) is 25.6 Å². The van der Waals surface area contributed by atoms with Gasteiger partial charge < -0.3 is 9.64 Å². The van der Waals surface area contributed by atoms with Crippen molar-refractivity contribution in [2.45, 2.75) is 5.72 Å². The smallest absolute Gasteiger partial charge is 0.269 e. The monoisotopic (exact) mass is 362 g/mol. The average Bonchev–Trinajstić information content (AvgIpc) is 2.70.